The highest BCUT2D eigenvalue weighted by Crippen LogP contribution is 2.30. The van der Waals surface area contributed by atoms with E-state index < -0.39 is 0 Å². The SMILES string of the molecule is O=C(Cn1cnnn1)N1CCN(C(=O)c2ccc(-c3ccccc3F)s2)CC1. The van der Waals surface area contributed by atoms with E-state index in [9.17, 15) is 14.0 Å². The van der Waals surface area contributed by atoms with E-state index in [0.29, 0.717) is 36.6 Å². The zero-order valence-electron chi connectivity index (χ0n) is 14.9. The smallest absolute Gasteiger partial charge is 0.264 e. The van der Waals surface area contributed by atoms with Crippen molar-refractivity contribution < 1.29 is 14.0 Å². The van der Waals surface area contributed by atoms with Crippen LogP contribution in [0.25, 0.3) is 10.4 Å². The van der Waals surface area contributed by atoms with Gasteiger partial charge in [0.1, 0.15) is 18.7 Å². The molecule has 8 nitrogen and oxygen atoms in total. The lowest BCUT2D eigenvalue weighted by Gasteiger charge is -2.34. The number of carbonyl (C=O) groups is 2. The lowest BCUT2D eigenvalue weighted by atomic mass is 10.2. The first kappa shape index (κ1) is 18.2. The summed E-state index contributed by atoms with van der Waals surface area (Å²) < 4.78 is 15.3. The van der Waals surface area contributed by atoms with Crippen molar-refractivity contribution in [1.82, 2.24) is 30.0 Å². The molecular weight excluding hydrogens is 383 g/mol. The molecule has 3 aromatic rings. The maximum atomic E-state index is 14.0. The van der Waals surface area contributed by atoms with Crippen molar-refractivity contribution in [2.45, 2.75) is 6.54 Å². The summed E-state index contributed by atoms with van der Waals surface area (Å²) in [6.45, 7) is 1.90. The molecule has 10 heteroatoms. The van der Waals surface area contributed by atoms with E-state index in [1.807, 2.05) is 0 Å². The number of benzene rings is 1. The molecule has 28 heavy (non-hydrogen) atoms. The summed E-state index contributed by atoms with van der Waals surface area (Å²) in [6.07, 6.45) is 1.39. The Morgan fingerprint density at radius 3 is 2.50 bits per heavy atom. The number of halogens is 1. The summed E-state index contributed by atoms with van der Waals surface area (Å²) in [4.78, 5) is 29.7. The highest BCUT2D eigenvalue weighted by Gasteiger charge is 2.26. The average Bonchev–Trinajstić information content (AvgIpc) is 3.40. The molecule has 0 unspecified atom stereocenters. The van der Waals surface area contributed by atoms with Gasteiger partial charge in [-0.15, -0.1) is 16.4 Å². The lowest BCUT2D eigenvalue weighted by Crippen LogP contribution is -2.51. The fourth-order valence-electron chi connectivity index (χ4n) is 3.06. The summed E-state index contributed by atoms with van der Waals surface area (Å²) in [5.74, 6) is -0.490. The number of carbonyl (C=O) groups excluding carboxylic acids is 2. The van der Waals surface area contributed by atoms with Crippen LogP contribution in [0.3, 0.4) is 0 Å². The number of piperazine rings is 1. The molecule has 1 aromatic carbocycles. The maximum absolute atomic E-state index is 14.0. The van der Waals surface area contributed by atoms with Gasteiger partial charge in [0.05, 0.1) is 4.88 Å². The Morgan fingerprint density at radius 1 is 1.04 bits per heavy atom. The zero-order valence-corrected chi connectivity index (χ0v) is 15.7. The Bertz CT molecular complexity index is 982. The van der Waals surface area contributed by atoms with Gasteiger partial charge in [-0.3, -0.25) is 9.59 Å². The molecule has 2 amide bonds. The van der Waals surface area contributed by atoms with E-state index in [2.05, 4.69) is 15.5 Å². The second kappa shape index (κ2) is 7.85. The molecule has 4 rings (SSSR count). The number of thiophene rings is 1. The molecule has 3 heterocycles. The summed E-state index contributed by atoms with van der Waals surface area (Å²) in [7, 11) is 0. The standard InChI is InChI=1S/C18H17FN6O2S/c19-14-4-2-1-3-13(14)15-5-6-16(28-15)18(27)24-9-7-23(8-10-24)17(26)11-25-12-20-21-22-25/h1-6,12H,7-11H2. The number of nitrogens with zero attached hydrogens (tertiary/aromatic N) is 6. The van der Waals surface area contributed by atoms with Crippen LogP contribution in [0, 0.1) is 5.82 Å². The third-order valence-electron chi connectivity index (χ3n) is 4.56. The Morgan fingerprint density at radius 2 is 1.79 bits per heavy atom. The largest absolute Gasteiger partial charge is 0.338 e. The van der Waals surface area contributed by atoms with Gasteiger partial charge >= 0.3 is 0 Å². The lowest BCUT2D eigenvalue weighted by molar-refractivity contribution is -0.133. The Hall–Kier alpha value is -3.14. The summed E-state index contributed by atoms with van der Waals surface area (Å²) in [5, 5.41) is 10.7. The summed E-state index contributed by atoms with van der Waals surface area (Å²) in [5.41, 5.74) is 0.490. The first-order valence-corrected chi connectivity index (χ1v) is 9.56. The molecule has 1 aliphatic heterocycles. The van der Waals surface area contributed by atoms with Crippen molar-refractivity contribution in [2.75, 3.05) is 26.2 Å². The average molecular weight is 400 g/mol. The molecular formula is C18H17FN6O2S. The van der Waals surface area contributed by atoms with Crippen LogP contribution in [0.15, 0.2) is 42.7 Å². The van der Waals surface area contributed by atoms with Gasteiger partial charge in [-0.25, -0.2) is 9.07 Å². The minimum Gasteiger partial charge on any atom is -0.338 e. The molecule has 0 atom stereocenters. The number of amides is 2. The molecule has 0 radical (unpaired) electrons. The van der Waals surface area contributed by atoms with Crippen LogP contribution in [-0.2, 0) is 11.3 Å². The number of rotatable bonds is 4. The Labute approximate surface area is 164 Å². The van der Waals surface area contributed by atoms with E-state index >= 15 is 0 Å². The molecule has 2 aromatic heterocycles. The van der Waals surface area contributed by atoms with Crippen molar-refractivity contribution in [3.05, 3.63) is 53.4 Å². The minimum atomic E-state index is -0.307. The van der Waals surface area contributed by atoms with Crippen LogP contribution in [0.1, 0.15) is 9.67 Å². The fourth-order valence-corrected chi connectivity index (χ4v) is 4.07. The van der Waals surface area contributed by atoms with E-state index in [1.54, 1.807) is 40.1 Å². The molecule has 1 saturated heterocycles. The molecule has 0 spiro atoms. The van der Waals surface area contributed by atoms with Gasteiger partial charge in [-0.1, -0.05) is 18.2 Å². The van der Waals surface area contributed by atoms with Gasteiger partial charge in [0.15, 0.2) is 0 Å². The molecule has 144 valence electrons. The third-order valence-corrected chi connectivity index (χ3v) is 5.67. The van der Waals surface area contributed by atoms with Gasteiger partial charge in [0.25, 0.3) is 5.91 Å². The highest BCUT2D eigenvalue weighted by atomic mass is 32.1. The van der Waals surface area contributed by atoms with Crippen LogP contribution in [0.4, 0.5) is 4.39 Å². The van der Waals surface area contributed by atoms with Crippen LogP contribution in [0.5, 0.6) is 0 Å². The van der Waals surface area contributed by atoms with E-state index in [-0.39, 0.29) is 24.2 Å². The second-order valence-electron chi connectivity index (χ2n) is 6.32. The van der Waals surface area contributed by atoms with Crippen molar-refractivity contribution >= 4 is 23.2 Å². The first-order chi connectivity index (χ1) is 13.6. The summed E-state index contributed by atoms with van der Waals surface area (Å²) in [6, 6.07) is 10.0. The number of hydrogen-bond donors (Lipinski definition) is 0. The molecule has 0 bridgehead atoms. The third kappa shape index (κ3) is 3.77. The Balaban J connectivity index is 1.37. The number of tetrazole rings is 1. The van der Waals surface area contributed by atoms with Crippen molar-refractivity contribution in [2.24, 2.45) is 0 Å². The van der Waals surface area contributed by atoms with Crippen LogP contribution in [-0.4, -0.2) is 68.0 Å². The molecule has 0 saturated carbocycles. The Kier molecular flexibility index (Phi) is 5.11. The predicted molar refractivity (Wildman–Crippen MR) is 100 cm³/mol. The van der Waals surface area contributed by atoms with E-state index in [4.69, 9.17) is 0 Å². The molecule has 1 fully saturated rings. The zero-order chi connectivity index (χ0) is 19.5. The molecule has 1 aliphatic rings. The highest BCUT2D eigenvalue weighted by molar-refractivity contribution is 7.17. The number of aromatic nitrogens is 4. The topological polar surface area (TPSA) is 84.2 Å². The van der Waals surface area contributed by atoms with Gasteiger partial charge in [-0.2, -0.15) is 0 Å². The normalized spacial score (nSPS) is 14.3. The van der Waals surface area contributed by atoms with Gasteiger partial charge in [-0.05, 0) is 28.6 Å². The van der Waals surface area contributed by atoms with Gasteiger partial charge in [0.2, 0.25) is 5.91 Å². The van der Waals surface area contributed by atoms with Crippen molar-refractivity contribution in [3.8, 4) is 10.4 Å². The quantitative estimate of drug-likeness (QED) is 0.663. The van der Waals surface area contributed by atoms with Crippen molar-refractivity contribution in [1.29, 1.82) is 0 Å². The van der Waals surface area contributed by atoms with Crippen LogP contribution >= 0.6 is 11.3 Å². The van der Waals surface area contributed by atoms with Gasteiger partial charge < -0.3 is 9.80 Å². The fraction of sp³-hybridized carbons (Fsp3) is 0.278. The van der Waals surface area contributed by atoms with Gasteiger partial charge in [0, 0.05) is 36.6 Å². The van der Waals surface area contributed by atoms with Crippen LogP contribution < -0.4 is 0 Å². The first-order valence-electron chi connectivity index (χ1n) is 8.74. The monoisotopic (exact) mass is 400 g/mol. The van der Waals surface area contributed by atoms with Crippen LogP contribution in [0.2, 0.25) is 0 Å². The van der Waals surface area contributed by atoms with E-state index in [1.165, 1.54) is 28.4 Å². The summed E-state index contributed by atoms with van der Waals surface area (Å²) >= 11 is 1.27. The van der Waals surface area contributed by atoms with E-state index in [0.717, 1.165) is 4.88 Å². The second-order valence-corrected chi connectivity index (χ2v) is 7.41. The molecule has 0 N–H and O–H groups in total. The predicted octanol–water partition coefficient (Wildman–Crippen LogP) is 1.53. The molecule has 0 aliphatic carbocycles. The number of hydrogen-bond acceptors (Lipinski definition) is 6. The van der Waals surface area contributed by atoms with Crippen molar-refractivity contribution in [3.63, 3.8) is 0 Å². The minimum absolute atomic E-state index is 0.0812. The maximum Gasteiger partial charge on any atom is 0.264 e.